The first-order chi connectivity index (χ1) is 10.8. The van der Waals surface area contributed by atoms with E-state index >= 15 is 0 Å². The van der Waals surface area contributed by atoms with Gasteiger partial charge in [0.05, 0.1) is 30.5 Å². The number of imidazole rings is 1. The van der Waals surface area contributed by atoms with Crippen LogP contribution in [0.3, 0.4) is 0 Å². The predicted octanol–water partition coefficient (Wildman–Crippen LogP) is 0.990. The zero-order valence-electron chi connectivity index (χ0n) is 13.0. The molecular formula is C15H18N4O3S. The second-order valence-electron chi connectivity index (χ2n) is 5.68. The van der Waals surface area contributed by atoms with E-state index in [0.29, 0.717) is 24.3 Å². The molecule has 0 unspecified atom stereocenters. The van der Waals surface area contributed by atoms with E-state index in [1.165, 1.54) is 0 Å². The van der Waals surface area contributed by atoms with E-state index in [1.54, 1.807) is 35.5 Å². The Kier molecular flexibility index (Phi) is 3.85. The van der Waals surface area contributed by atoms with Crippen molar-refractivity contribution in [2.75, 3.05) is 17.5 Å². The van der Waals surface area contributed by atoms with Gasteiger partial charge in [0.25, 0.3) is 5.91 Å². The van der Waals surface area contributed by atoms with Crippen molar-refractivity contribution in [3.8, 4) is 0 Å². The van der Waals surface area contributed by atoms with Crippen LogP contribution in [0.25, 0.3) is 0 Å². The van der Waals surface area contributed by atoms with Crippen LogP contribution in [-0.4, -0.2) is 41.6 Å². The molecule has 23 heavy (non-hydrogen) atoms. The van der Waals surface area contributed by atoms with Crippen molar-refractivity contribution in [1.82, 2.24) is 14.5 Å². The Morgan fingerprint density at radius 2 is 1.96 bits per heavy atom. The number of hydrogen-bond acceptors (Lipinski definition) is 4. The first-order valence-corrected chi connectivity index (χ1v) is 9.09. The number of rotatable bonds is 3. The highest BCUT2D eigenvalue weighted by Crippen LogP contribution is 2.20. The van der Waals surface area contributed by atoms with E-state index in [0.717, 1.165) is 24.1 Å². The van der Waals surface area contributed by atoms with Gasteiger partial charge in [-0.3, -0.25) is 9.52 Å². The summed E-state index contributed by atoms with van der Waals surface area (Å²) in [4.78, 5) is 18.7. The monoisotopic (exact) mass is 334 g/mol. The van der Waals surface area contributed by atoms with Crippen LogP contribution in [0.4, 0.5) is 5.69 Å². The van der Waals surface area contributed by atoms with Crippen LogP contribution in [-0.2, 0) is 30.0 Å². The largest absolute Gasteiger partial charge is 0.336 e. The molecule has 0 fully saturated rings. The summed E-state index contributed by atoms with van der Waals surface area (Å²) >= 11 is 0. The summed E-state index contributed by atoms with van der Waals surface area (Å²) < 4.78 is 26.7. The first kappa shape index (κ1) is 15.5. The lowest BCUT2D eigenvalue weighted by Gasteiger charge is -2.27. The molecule has 0 radical (unpaired) electrons. The Morgan fingerprint density at radius 1 is 1.26 bits per heavy atom. The normalized spacial score (nSPS) is 14.4. The quantitative estimate of drug-likeness (QED) is 0.907. The lowest BCUT2D eigenvalue weighted by Crippen LogP contribution is -2.36. The van der Waals surface area contributed by atoms with Crippen LogP contribution < -0.4 is 4.72 Å². The van der Waals surface area contributed by atoms with Crippen molar-refractivity contribution < 1.29 is 13.2 Å². The Labute approximate surface area is 135 Å². The number of carbonyl (C=O) groups is 1. The second-order valence-corrected chi connectivity index (χ2v) is 7.43. The summed E-state index contributed by atoms with van der Waals surface area (Å²) in [5, 5.41) is 0. The fraction of sp³-hybridized carbons (Fsp3) is 0.333. The number of nitrogens with zero attached hydrogens (tertiary/aromatic N) is 3. The van der Waals surface area contributed by atoms with E-state index in [-0.39, 0.29) is 5.91 Å². The first-order valence-electron chi connectivity index (χ1n) is 7.20. The van der Waals surface area contributed by atoms with Crippen molar-refractivity contribution in [1.29, 1.82) is 0 Å². The minimum atomic E-state index is -3.32. The molecular weight excluding hydrogens is 316 g/mol. The van der Waals surface area contributed by atoms with E-state index in [4.69, 9.17) is 0 Å². The minimum Gasteiger partial charge on any atom is -0.336 e. The average Bonchev–Trinajstić information content (AvgIpc) is 2.87. The third-order valence-electron chi connectivity index (χ3n) is 3.83. The second kappa shape index (κ2) is 5.69. The summed E-state index contributed by atoms with van der Waals surface area (Å²) in [5.74, 6) is -0.0669. The van der Waals surface area contributed by atoms with Gasteiger partial charge in [0, 0.05) is 31.3 Å². The lowest BCUT2D eigenvalue weighted by atomic mass is 10.1. The fourth-order valence-corrected chi connectivity index (χ4v) is 3.23. The highest BCUT2D eigenvalue weighted by molar-refractivity contribution is 7.92. The van der Waals surface area contributed by atoms with E-state index < -0.39 is 10.0 Å². The van der Waals surface area contributed by atoms with Gasteiger partial charge in [-0.25, -0.2) is 13.4 Å². The Morgan fingerprint density at radius 3 is 2.61 bits per heavy atom. The molecule has 0 saturated heterocycles. The molecule has 0 saturated carbocycles. The maximum atomic E-state index is 12.6. The van der Waals surface area contributed by atoms with Gasteiger partial charge in [-0.15, -0.1) is 0 Å². The van der Waals surface area contributed by atoms with E-state index in [2.05, 4.69) is 9.71 Å². The van der Waals surface area contributed by atoms with Crippen molar-refractivity contribution in [2.24, 2.45) is 7.05 Å². The molecule has 1 aliphatic rings. The molecule has 0 aliphatic carbocycles. The van der Waals surface area contributed by atoms with Crippen molar-refractivity contribution in [3.05, 3.63) is 47.5 Å². The molecule has 0 bridgehead atoms. The van der Waals surface area contributed by atoms with Gasteiger partial charge in [0.1, 0.15) is 0 Å². The van der Waals surface area contributed by atoms with Gasteiger partial charge in [0.2, 0.25) is 10.0 Å². The van der Waals surface area contributed by atoms with Gasteiger partial charge < -0.3 is 9.47 Å². The number of carbonyl (C=O) groups excluding carboxylic acids is 1. The Hall–Kier alpha value is -2.35. The van der Waals surface area contributed by atoms with Gasteiger partial charge in [0.15, 0.2) is 0 Å². The van der Waals surface area contributed by atoms with Crippen molar-refractivity contribution in [2.45, 2.75) is 13.0 Å². The summed E-state index contributed by atoms with van der Waals surface area (Å²) in [7, 11) is -1.40. The Balaban J connectivity index is 1.75. The molecule has 122 valence electrons. The lowest BCUT2D eigenvalue weighted by molar-refractivity contribution is 0.0730. The molecule has 1 amide bonds. The number of hydrogen-bond donors (Lipinski definition) is 1. The van der Waals surface area contributed by atoms with Gasteiger partial charge in [-0.05, 0) is 24.3 Å². The number of benzene rings is 1. The number of aromatic nitrogens is 2. The molecule has 0 spiro atoms. The molecule has 1 aliphatic heterocycles. The number of anilines is 1. The predicted molar refractivity (Wildman–Crippen MR) is 86.6 cm³/mol. The van der Waals surface area contributed by atoms with Gasteiger partial charge in [-0.2, -0.15) is 0 Å². The van der Waals surface area contributed by atoms with Gasteiger partial charge in [-0.1, -0.05) is 0 Å². The SMILES string of the molecule is Cn1cnc2c1CN(C(=O)c1ccc(NS(C)(=O)=O)cc1)CC2. The number of sulfonamides is 1. The molecule has 7 nitrogen and oxygen atoms in total. The van der Waals surface area contributed by atoms with Crippen molar-refractivity contribution >= 4 is 21.6 Å². The van der Waals surface area contributed by atoms with Crippen LogP contribution >= 0.6 is 0 Å². The topological polar surface area (TPSA) is 84.3 Å². The number of amides is 1. The fourth-order valence-electron chi connectivity index (χ4n) is 2.67. The number of nitrogens with one attached hydrogen (secondary N) is 1. The summed E-state index contributed by atoms with van der Waals surface area (Å²) in [5.41, 5.74) is 3.08. The molecule has 2 heterocycles. The third kappa shape index (κ3) is 3.37. The Bertz CT molecular complexity index is 840. The van der Waals surface area contributed by atoms with E-state index in [9.17, 15) is 13.2 Å². The molecule has 1 aromatic carbocycles. The standard InChI is InChI=1S/C15H18N4O3S/c1-18-10-16-13-7-8-19(9-14(13)18)15(20)11-3-5-12(6-4-11)17-23(2,21)22/h3-6,10,17H,7-9H2,1-2H3. The smallest absolute Gasteiger partial charge is 0.254 e. The molecule has 2 aromatic rings. The van der Waals surface area contributed by atoms with Gasteiger partial charge >= 0.3 is 0 Å². The maximum absolute atomic E-state index is 12.6. The number of fused-ring (bicyclic) bond motifs is 1. The highest BCUT2D eigenvalue weighted by atomic mass is 32.2. The highest BCUT2D eigenvalue weighted by Gasteiger charge is 2.24. The molecule has 1 N–H and O–H groups in total. The van der Waals surface area contributed by atoms with Crippen LogP contribution in [0, 0.1) is 0 Å². The van der Waals surface area contributed by atoms with Crippen LogP contribution in [0.5, 0.6) is 0 Å². The van der Waals surface area contributed by atoms with Crippen LogP contribution in [0.1, 0.15) is 21.7 Å². The molecule has 0 atom stereocenters. The van der Waals surface area contributed by atoms with E-state index in [1.807, 2.05) is 11.6 Å². The molecule has 3 rings (SSSR count). The average molecular weight is 334 g/mol. The minimum absolute atomic E-state index is 0.0669. The van der Waals surface area contributed by atoms with Crippen LogP contribution in [0.2, 0.25) is 0 Å². The maximum Gasteiger partial charge on any atom is 0.254 e. The zero-order chi connectivity index (χ0) is 16.6. The van der Waals surface area contributed by atoms with Crippen molar-refractivity contribution in [3.63, 3.8) is 0 Å². The zero-order valence-corrected chi connectivity index (χ0v) is 13.8. The molecule has 1 aromatic heterocycles. The third-order valence-corrected chi connectivity index (χ3v) is 4.43. The number of aryl methyl sites for hydroxylation is 1. The summed E-state index contributed by atoms with van der Waals surface area (Å²) in [6, 6.07) is 6.45. The van der Waals surface area contributed by atoms with Crippen LogP contribution in [0.15, 0.2) is 30.6 Å². The summed E-state index contributed by atoms with van der Waals surface area (Å²) in [6.07, 6.45) is 3.60. The molecule has 8 heteroatoms. The summed E-state index contributed by atoms with van der Waals surface area (Å²) in [6.45, 7) is 1.17.